The second kappa shape index (κ2) is 51.7. The van der Waals surface area contributed by atoms with Gasteiger partial charge in [-0.1, -0.05) is 197 Å². The maximum Gasteiger partial charge on any atom is 0.331 e. The topological polar surface area (TPSA) is 108 Å². The van der Waals surface area contributed by atoms with E-state index in [0.717, 1.165) is 128 Å². The lowest BCUT2D eigenvalue weighted by atomic mass is 10.0. The summed E-state index contributed by atoms with van der Waals surface area (Å²) in [6.07, 6.45) is 60.6. The molecule has 0 saturated carbocycles. The van der Waals surface area contributed by atoms with Crippen molar-refractivity contribution in [2.75, 3.05) is 13.2 Å². The van der Waals surface area contributed by atoms with Crippen LogP contribution in [0.4, 0.5) is 0 Å². The van der Waals surface area contributed by atoms with Gasteiger partial charge in [-0.05, 0) is 103 Å². The molecule has 8 nitrogen and oxygen atoms in total. The zero-order chi connectivity index (χ0) is 47.4. The fourth-order valence-electron chi connectivity index (χ4n) is 7.34. The van der Waals surface area contributed by atoms with Crippen molar-refractivity contribution in [1.82, 2.24) is 0 Å². The number of rotatable bonds is 48. The van der Waals surface area contributed by atoms with Crippen molar-refractivity contribution in [3.63, 3.8) is 0 Å². The van der Waals surface area contributed by atoms with E-state index in [1.807, 2.05) is 12.2 Å². The van der Waals surface area contributed by atoms with Gasteiger partial charge in [-0.15, -0.1) is 0 Å². The Hall–Kier alpha value is -3.23. The zero-order valence-corrected chi connectivity index (χ0v) is 42.1. The third-order valence-corrected chi connectivity index (χ3v) is 11.5. The Bertz CT molecular complexity index is 1190. The van der Waals surface area contributed by atoms with Crippen LogP contribution in [0.3, 0.4) is 0 Å². The summed E-state index contributed by atoms with van der Waals surface area (Å²) < 4.78 is 16.6. The van der Waals surface area contributed by atoms with Gasteiger partial charge in [0.25, 0.3) is 0 Å². The van der Waals surface area contributed by atoms with Gasteiger partial charge < -0.3 is 14.2 Å². The predicted molar refractivity (Wildman–Crippen MR) is 273 cm³/mol. The lowest BCUT2D eigenvalue weighted by molar-refractivity contribution is -0.281. The molecule has 0 aliphatic rings. The van der Waals surface area contributed by atoms with E-state index in [-0.39, 0.29) is 31.3 Å². The van der Waals surface area contributed by atoms with Crippen LogP contribution in [-0.2, 0) is 33.5 Å². The van der Waals surface area contributed by atoms with E-state index in [2.05, 4.69) is 69.4 Å². The average Bonchev–Trinajstić information content (AvgIpc) is 3.31. The molecule has 0 fully saturated rings. The lowest BCUT2D eigenvalue weighted by Crippen LogP contribution is -2.30. The number of hydrogen-bond acceptors (Lipinski definition) is 8. The van der Waals surface area contributed by atoms with Crippen LogP contribution in [0.25, 0.3) is 0 Å². The molecule has 0 radical (unpaired) electrons. The fraction of sp³-hybridized carbons (Fsp3) is 0.737. The van der Waals surface area contributed by atoms with E-state index < -0.39 is 12.1 Å². The summed E-state index contributed by atoms with van der Waals surface area (Å²) >= 11 is 0. The van der Waals surface area contributed by atoms with Crippen molar-refractivity contribution in [1.29, 1.82) is 0 Å². The Morgan fingerprint density at radius 2 is 0.785 bits per heavy atom. The highest BCUT2D eigenvalue weighted by Crippen LogP contribution is 2.16. The number of esters is 3. The quantitative estimate of drug-likeness (QED) is 0.00940. The highest BCUT2D eigenvalue weighted by atomic mass is 17.1. The van der Waals surface area contributed by atoms with Crippen LogP contribution >= 0.6 is 0 Å². The first-order valence-corrected chi connectivity index (χ1v) is 26.7. The number of hydrogen-bond donors (Lipinski definition) is 1. The first-order chi connectivity index (χ1) is 32.0. The monoisotopic (exact) mass is 911 g/mol. The third-order valence-electron chi connectivity index (χ3n) is 11.5. The molecule has 0 rings (SSSR count). The molecule has 0 aromatic carbocycles. The molecule has 0 spiro atoms. The van der Waals surface area contributed by atoms with Crippen molar-refractivity contribution in [3.05, 3.63) is 72.9 Å². The SMILES string of the molecule is CCCCC/C=C\C/C=C\CCCCCCCC(=O)OCC(COC(=O)CCCCCCC/C=C\C/C=C\CCCCC)OC(=O)C=CC=CCCCCC(CCCCCCCC)OO. The van der Waals surface area contributed by atoms with Crippen molar-refractivity contribution < 1.29 is 38.7 Å². The van der Waals surface area contributed by atoms with Crippen LogP contribution in [0.1, 0.15) is 245 Å². The molecule has 0 aliphatic heterocycles. The molecule has 1 unspecified atom stereocenters. The smallest absolute Gasteiger partial charge is 0.331 e. The second-order valence-corrected chi connectivity index (χ2v) is 17.7. The summed E-state index contributed by atoms with van der Waals surface area (Å²) in [5.41, 5.74) is 0. The van der Waals surface area contributed by atoms with Gasteiger partial charge in [0.05, 0.1) is 6.10 Å². The number of unbranched alkanes of at least 4 members (excludes halogenated alkanes) is 23. The summed E-state index contributed by atoms with van der Waals surface area (Å²) in [6.45, 7) is 6.35. The summed E-state index contributed by atoms with van der Waals surface area (Å²) in [6, 6.07) is 0. The van der Waals surface area contributed by atoms with Crippen molar-refractivity contribution in [2.24, 2.45) is 0 Å². The minimum Gasteiger partial charge on any atom is -0.462 e. The summed E-state index contributed by atoms with van der Waals surface area (Å²) in [7, 11) is 0. The Morgan fingerprint density at radius 3 is 1.26 bits per heavy atom. The second-order valence-electron chi connectivity index (χ2n) is 17.7. The molecular weight excluding hydrogens is 813 g/mol. The van der Waals surface area contributed by atoms with E-state index in [9.17, 15) is 19.6 Å². The van der Waals surface area contributed by atoms with E-state index in [1.165, 1.54) is 89.5 Å². The largest absolute Gasteiger partial charge is 0.462 e. The van der Waals surface area contributed by atoms with Crippen LogP contribution in [0.2, 0.25) is 0 Å². The molecule has 0 aliphatic carbocycles. The average molecular weight is 911 g/mol. The van der Waals surface area contributed by atoms with Gasteiger partial charge >= 0.3 is 17.9 Å². The third kappa shape index (κ3) is 48.5. The van der Waals surface area contributed by atoms with E-state index >= 15 is 0 Å². The molecule has 65 heavy (non-hydrogen) atoms. The predicted octanol–water partition coefficient (Wildman–Crippen LogP) is 16.9. The first-order valence-electron chi connectivity index (χ1n) is 26.7. The van der Waals surface area contributed by atoms with Gasteiger partial charge in [0.2, 0.25) is 0 Å². The van der Waals surface area contributed by atoms with Gasteiger partial charge in [0.15, 0.2) is 6.10 Å². The molecular formula is C57H98O8. The molecule has 0 heterocycles. The van der Waals surface area contributed by atoms with Crippen molar-refractivity contribution in [2.45, 2.75) is 258 Å². The van der Waals surface area contributed by atoms with Crippen LogP contribution in [0.15, 0.2) is 72.9 Å². The Labute approximate surface area is 399 Å². The van der Waals surface area contributed by atoms with E-state index in [4.69, 9.17) is 19.1 Å². The number of carbonyl (C=O) groups is 3. The van der Waals surface area contributed by atoms with Crippen LogP contribution < -0.4 is 0 Å². The lowest BCUT2D eigenvalue weighted by Gasteiger charge is -2.17. The summed E-state index contributed by atoms with van der Waals surface area (Å²) in [4.78, 5) is 42.6. The van der Waals surface area contributed by atoms with Gasteiger partial charge in [0.1, 0.15) is 13.2 Å². The van der Waals surface area contributed by atoms with Gasteiger partial charge in [-0.3, -0.25) is 14.8 Å². The maximum absolute atomic E-state index is 12.7. The molecule has 0 bridgehead atoms. The van der Waals surface area contributed by atoms with E-state index in [1.54, 1.807) is 6.08 Å². The molecule has 0 amide bonds. The zero-order valence-electron chi connectivity index (χ0n) is 42.1. The Kier molecular flexibility index (Phi) is 49.2. The standard InChI is InChI=1S/C57H98O8/c1-4-7-10-13-16-18-20-22-24-26-28-30-32-38-43-48-55(58)62-51-54(52-63-56(59)49-44-39-33-31-29-27-25-23-21-19-17-14-11-8-5-2)64-57(60)50-45-40-35-34-37-42-47-53(65-61)46-41-36-15-12-9-6-3/h16-19,22-25,35,40,45,50,53-54,61H,4-15,20-21,26-34,36-39,41-44,46-49,51-52H2,1-3H3/b18-16-,19-17-,24-22-,25-23-,40-35?,50-45?. The van der Waals surface area contributed by atoms with Gasteiger partial charge in [-0.2, -0.15) is 0 Å². The molecule has 0 aromatic heterocycles. The number of carbonyl (C=O) groups excluding carboxylic acids is 3. The molecule has 8 heteroatoms. The van der Waals surface area contributed by atoms with Gasteiger partial charge in [0, 0.05) is 18.9 Å². The fourth-order valence-corrected chi connectivity index (χ4v) is 7.34. The van der Waals surface area contributed by atoms with Crippen molar-refractivity contribution >= 4 is 17.9 Å². The normalized spacial score (nSPS) is 12.7. The Balaban J connectivity index is 4.63. The molecule has 1 N–H and O–H groups in total. The first kappa shape index (κ1) is 61.8. The number of allylic oxidation sites excluding steroid dienone is 11. The highest BCUT2D eigenvalue weighted by Gasteiger charge is 2.18. The molecule has 374 valence electrons. The highest BCUT2D eigenvalue weighted by molar-refractivity contribution is 5.82. The van der Waals surface area contributed by atoms with Crippen LogP contribution in [0.5, 0.6) is 0 Å². The van der Waals surface area contributed by atoms with E-state index in [0.29, 0.717) is 12.8 Å². The van der Waals surface area contributed by atoms with Gasteiger partial charge in [-0.25, -0.2) is 9.68 Å². The molecule has 0 saturated heterocycles. The Morgan fingerprint density at radius 1 is 0.415 bits per heavy atom. The number of ether oxygens (including phenoxy) is 3. The molecule has 1 atom stereocenters. The minimum absolute atomic E-state index is 0.109. The van der Waals surface area contributed by atoms with Crippen LogP contribution in [-0.4, -0.2) is 48.6 Å². The maximum atomic E-state index is 12.7. The van der Waals surface area contributed by atoms with Crippen LogP contribution in [0, 0.1) is 0 Å². The minimum atomic E-state index is -0.892. The van der Waals surface area contributed by atoms with Crippen molar-refractivity contribution in [3.8, 4) is 0 Å². The molecule has 0 aromatic rings. The summed E-state index contributed by atoms with van der Waals surface area (Å²) in [5.74, 6) is -1.27. The summed E-state index contributed by atoms with van der Waals surface area (Å²) in [5, 5.41) is 9.28.